The van der Waals surface area contributed by atoms with E-state index < -0.39 is 0 Å². The minimum Gasteiger partial charge on any atom is -0.399 e. The Morgan fingerprint density at radius 1 is 1.40 bits per heavy atom. The molecule has 1 aliphatic rings. The molecule has 0 aliphatic carbocycles. The summed E-state index contributed by atoms with van der Waals surface area (Å²) in [6.45, 7) is 0.930. The molecule has 4 N–H and O–H groups in total. The van der Waals surface area contributed by atoms with Crippen molar-refractivity contribution in [2.45, 2.75) is 12.5 Å². The van der Waals surface area contributed by atoms with Gasteiger partial charge in [-0.25, -0.2) is 0 Å². The van der Waals surface area contributed by atoms with Gasteiger partial charge in [-0.15, -0.1) is 12.4 Å². The van der Waals surface area contributed by atoms with Crippen molar-refractivity contribution in [3.05, 3.63) is 24.3 Å². The highest BCUT2D eigenvalue weighted by Gasteiger charge is 2.24. The van der Waals surface area contributed by atoms with Gasteiger partial charge in [0.05, 0.1) is 6.04 Å². The van der Waals surface area contributed by atoms with E-state index in [9.17, 15) is 4.79 Å². The van der Waals surface area contributed by atoms with Crippen LogP contribution in [0.25, 0.3) is 0 Å². The summed E-state index contributed by atoms with van der Waals surface area (Å²) >= 11 is 0. The fourth-order valence-electron chi connectivity index (χ4n) is 1.31. The molecule has 1 fully saturated rings. The zero-order chi connectivity index (χ0) is 9.97. The third kappa shape index (κ3) is 2.84. The summed E-state index contributed by atoms with van der Waals surface area (Å²) in [4.78, 5) is 11.5. The number of carbonyl (C=O) groups excluding carboxylic acids is 1. The predicted octanol–water partition coefficient (Wildman–Crippen LogP) is 0.991. The zero-order valence-electron chi connectivity index (χ0n) is 8.19. The lowest BCUT2D eigenvalue weighted by atomic mass is 10.1. The standard InChI is InChI=1S/C10H13N3O.ClH/c11-7-1-3-8(4-2-7)13-10(14)9-5-6-12-9;/h1-4,9,12H,5-6,11H2,(H,13,14);1H/t9-;/m1./s1. The summed E-state index contributed by atoms with van der Waals surface area (Å²) in [5.74, 6) is 0.0287. The van der Waals surface area contributed by atoms with Gasteiger partial charge in [-0.2, -0.15) is 0 Å². The lowest BCUT2D eigenvalue weighted by Gasteiger charge is -2.26. The van der Waals surface area contributed by atoms with Crippen molar-refractivity contribution in [1.29, 1.82) is 0 Å². The molecule has 1 heterocycles. The number of carbonyl (C=O) groups is 1. The second-order valence-corrected chi connectivity index (χ2v) is 3.41. The summed E-state index contributed by atoms with van der Waals surface area (Å²) in [5.41, 5.74) is 7.02. The molecule has 15 heavy (non-hydrogen) atoms. The van der Waals surface area contributed by atoms with E-state index in [-0.39, 0.29) is 24.4 Å². The maximum absolute atomic E-state index is 11.5. The van der Waals surface area contributed by atoms with E-state index in [2.05, 4.69) is 10.6 Å². The Labute approximate surface area is 94.6 Å². The lowest BCUT2D eigenvalue weighted by molar-refractivity contribution is -0.119. The van der Waals surface area contributed by atoms with Crippen LogP contribution in [0.5, 0.6) is 0 Å². The van der Waals surface area contributed by atoms with Gasteiger partial charge in [-0.05, 0) is 37.2 Å². The molecule has 1 aliphatic heterocycles. The van der Waals surface area contributed by atoms with Crippen LogP contribution in [-0.4, -0.2) is 18.5 Å². The van der Waals surface area contributed by atoms with E-state index in [0.29, 0.717) is 5.69 Å². The van der Waals surface area contributed by atoms with Crippen LogP contribution in [0, 0.1) is 0 Å². The first kappa shape index (κ1) is 11.8. The maximum Gasteiger partial charge on any atom is 0.241 e. The van der Waals surface area contributed by atoms with Gasteiger partial charge < -0.3 is 16.4 Å². The molecule has 82 valence electrons. The van der Waals surface area contributed by atoms with Crippen molar-refractivity contribution in [1.82, 2.24) is 5.32 Å². The van der Waals surface area contributed by atoms with Gasteiger partial charge in [0.25, 0.3) is 0 Å². The molecular weight excluding hydrogens is 214 g/mol. The van der Waals surface area contributed by atoms with E-state index in [1.54, 1.807) is 24.3 Å². The monoisotopic (exact) mass is 227 g/mol. The number of nitrogens with two attached hydrogens (primary N) is 1. The van der Waals surface area contributed by atoms with Crippen molar-refractivity contribution < 1.29 is 4.79 Å². The average molecular weight is 228 g/mol. The first-order valence-corrected chi connectivity index (χ1v) is 4.65. The van der Waals surface area contributed by atoms with Crippen molar-refractivity contribution >= 4 is 29.7 Å². The van der Waals surface area contributed by atoms with Gasteiger partial charge in [-0.3, -0.25) is 4.79 Å². The van der Waals surface area contributed by atoms with Crippen molar-refractivity contribution in [3.8, 4) is 0 Å². The third-order valence-corrected chi connectivity index (χ3v) is 2.32. The van der Waals surface area contributed by atoms with Crippen molar-refractivity contribution in [3.63, 3.8) is 0 Å². The summed E-state index contributed by atoms with van der Waals surface area (Å²) in [6.07, 6.45) is 0.917. The quantitative estimate of drug-likeness (QED) is 0.661. The molecule has 2 rings (SSSR count). The van der Waals surface area contributed by atoms with E-state index in [1.807, 2.05) is 0 Å². The summed E-state index contributed by atoms with van der Waals surface area (Å²) in [5, 5.41) is 5.85. The van der Waals surface area contributed by atoms with Crippen LogP contribution in [-0.2, 0) is 4.79 Å². The molecule has 0 saturated carbocycles. The second kappa shape index (κ2) is 5.00. The number of amides is 1. The highest BCUT2D eigenvalue weighted by molar-refractivity contribution is 5.95. The van der Waals surface area contributed by atoms with Crippen LogP contribution in [0.1, 0.15) is 6.42 Å². The van der Waals surface area contributed by atoms with Gasteiger partial charge >= 0.3 is 0 Å². The zero-order valence-corrected chi connectivity index (χ0v) is 9.01. The largest absolute Gasteiger partial charge is 0.399 e. The number of anilines is 2. The molecule has 0 aromatic heterocycles. The molecule has 1 aromatic rings. The average Bonchev–Trinajstić information content (AvgIpc) is 2.06. The van der Waals surface area contributed by atoms with Crippen molar-refractivity contribution in [2.24, 2.45) is 0 Å². The molecular formula is C10H14ClN3O. The molecule has 0 unspecified atom stereocenters. The Kier molecular flexibility index (Phi) is 3.94. The van der Waals surface area contributed by atoms with Crippen LogP contribution in [0.4, 0.5) is 11.4 Å². The van der Waals surface area contributed by atoms with Crippen LogP contribution in [0.3, 0.4) is 0 Å². The van der Waals surface area contributed by atoms with Crippen LogP contribution >= 0.6 is 12.4 Å². The van der Waals surface area contributed by atoms with Crippen LogP contribution in [0.15, 0.2) is 24.3 Å². The van der Waals surface area contributed by atoms with Gasteiger partial charge in [0.15, 0.2) is 0 Å². The predicted molar refractivity (Wildman–Crippen MR) is 63.1 cm³/mol. The first-order chi connectivity index (χ1) is 6.75. The number of hydrogen-bond acceptors (Lipinski definition) is 3. The Hall–Kier alpha value is -1.26. The number of hydrogen-bond donors (Lipinski definition) is 3. The van der Waals surface area contributed by atoms with Crippen LogP contribution in [0.2, 0.25) is 0 Å². The SMILES string of the molecule is Cl.Nc1ccc(NC(=O)[C@H]2CCN2)cc1. The fraction of sp³-hybridized carbons (Fsp3) is 0.300. The normalized spacial score (nSPS) is 18.5. The van der Waals surface area contributed by atoms with E-state index in [0.717, 1.165) is 18.7 Å². The molecule has 1 aromatic carbocycles. The minimum atomic E-state index is -0.0208. The molecule has 5 heteroatoms. The first-order valence-electron chi connectivity index (χ1n) is 4.65. The second-order valence-electron chi connectivity index (χ2n) is 3.41. The Balaban J connectivity index is 0.00000112. The Morgan fingerprint density at radius 2 is 2.00 bits per heavy atom. The van der Waals surface area contributed by atoms with E-state index in [4.69, 9.17) is 5.73 Å². The van der Waals surface area contributed by atoms with E-state index in [1.165, 1.54) is 0 Å². The molecule has 1 atom stereocenters. The Bertz CT molecular complexity index is 335. The molecule has 0 bridgehead atoms. The lowest BCUT2D eigenvalue weighted by Crippen LogP contribution is -2.50. The summed E-state index contributed by atoms with van der Waals surface area (Å²) < 4.78 is 0. The smallest absolute Gasteiger partial charge is 0.241 e. The molecule has 0 radical (unpaired) electrons. The number of nitrogens with one attached hydrogen (secondary N) is 2. The highest BCUT2D eigenvalue weighted by atomic mass is 35.5. The number of halogens is 1. The third-order valence-electron chi connectivity index (χ3n) is 2.32. The van der Waals surface area contributed by atoms with E-state index >= 15 is 0 Å². The van der Waals surface area contributed by atoms with Gasteiger partial charge in [0, 0.05) is 11.4 Å². The van der Waals surface area contributed by atoms with Gasteiger partial charge in [-0.1, -0.05) is 0 Å². The van der Waals surface area contributed by atoms with Crippen molar-refractivity contribution in [2.75, 3.05) is 17.6 Å². The molecule has 0 spiro atoms. The highest BCUT2D eigenvalue weighted by Crippen LogP contribution is 2.12. The molecule has 1 saturated heterocycles. The molecule has 1 amide bonds. The number of rotatable bonds is 2. The topological polar surface area (TPSA) is 67.1 Å². The Morgan fingerprint density at radius 3 is 2.47 bits per heavy atom. The summed E-state index contributed by atoms with van der Waals surface area (Å²) in [6, 6.07) is 7.11. The fourth-order valence-corrected chi connectivity index (χ4v) is 1.31. The summed E-state index contributed by atoms with van der Waals surface area (Å²) in [7, 11) is 0. The number of nitrogen functional groups attached to an aromatic ring is 1. The number of benzene rings is 1. The van der Waals surface area contributed by atoms with Gasteiger partial charge in [0.2, 0.25) is 5.91 Å². The van der Waals surface area contributed by atoms with Crippen LogP contribution < -0.4 is 16.4 Å². The maximum atomic E-state index is 11.5. The van der Waals surface area contributed by atoms with Gasteiger partial charge in [0.1, 0.15) is 0 Å². The minimum absolute atomic E-state index is 0. The molecule has 4 nitrogen and oxygen atoms in total.